The Balaban J connectivity index is 2.64. The highest BCUT2D eigenvalue weighted by molar-refractivity contribution is 5.89. The largest absolute Gasteiger partial charge is 0.461 e. The van der Waals surface area contributed by atoms with Crippen molar-refractivity contribution in [2.75, 3.05) is 19.0 Å². The summed E-state index contributed by atoms with van der Waals surface area (Å²) >= 11 is 0. The summed E-state index contributed by atoms with van der Waals surface area (Å²) in [6.07, 6.45) is 1.90. The zero-order valence-electron chi connectivity index (χ0n) is 8.70. The molecule has 0 aliphatic rings. The van der Waals surface area contributed by atoms with Crippen LogP contribution < -0.4 is 5.73 Å². The summed E-state index contributed by atoms with van der Waals surface area (Å²) in [6.45, 7) is 2.16. The lowest BCUT2D eigenvalue weighted by molar-refractivity contribution is 0.0482. The number of anilines is 1. The molecule has 0 aromatic carbocycles. The van der Waals surface area contributed by atoms with Crippen LogP contribution in [0.15, 0.2) is 12.3 Å². The molecule has 0 atom stereocenters. The Morgan fingerprint density at radius 3 is 3.00 bits per heavy atom. The number of alkyl halides is 1. The SMILES string of the molecule is CCn1cc(N)cc1C(=O)OCCCF. The van der Waals surface area contributed by atoms with Crippen LogP contribution in [0.2, 0.25) is 0 Å². The van der Waals surface area contributed by atoms with Gasteiger partial charge in [0.25, 0.3) is 0 Å². The van der Waals surface area contributed by atoms with Gasteiger partial charge in [0.05, 0.1) is 19.0 Å². The van der Waals surface area contributed by atoms with Crippen molar-refractivity contribution in [3.05, 3.63) is 18.0 Å². The van der Waals surface area contributed by atoms with E-state index in [1.165, 1.54) is 0 Å². The van der Waals surface area contributed by atoms with Gasteiger partial charge >= 0.3 is 5.97 Å². The molecule has 5 heteroatoms. The zero-order valence-corrected chi connectivity index (χ0v) is 8.70. The van der Waals surface area contributed by atoms with E-state index in [0.717, 1.165) is 0 Å². The third kappa shape index (κ3) is 2.97. The molecule has 0 fully saturated rings. The van der Waals surface area contributed by atoms with Crippen LogP contribution in [-0.2, 0) is 11.3 Å². The van der Waals surface area contributed by atoms with Gasteiger partial charge in [-0.1, -0.05) is 0 Å². The van der Waals surface area contributed by atoms with Crippen molar-refractivity contribution in [3.63, 3.8) is 0 Å². The normalized spacial score (nSPS) is 10.3. The van der Waals surface area contributed by atoms with Crippen LogP contribution in [-0.4, -0.2) is 23.8 Å². The number of esters is 1. The summed E-state index contributed by atoms with van der Waals surface area (Å²) in [5.74, 6) is -0.456. The van der Waals surface area contributed by atoms with E-state index in [1.54, 1.807) is 16.8 Å². The number of carbonyl (C=O) groups excluding carboxylic acids is 1. The Morgan fingerprint density at radius 1 is 1.67 bits per heavy atom. The molecule has 1 aromatic heterocycles. The monoisotopic (exact) mass is 214 g/mol. The van der Waals surface area contributed by atoms with E-state index < -0.39 is 12.6 Å². The molecule has 0 saturated carbocycles. The Bertz CT molecular complexity index is 336. The summed E-state index contributed by atoms with van der Waals surface area (Å²) in [5.41, 5.74) is 6.49. The fraction of sp³-hybridized carbons (Fsp3) is 0.500. The first-order valence-corrected chi connectivity index (χ1v) is 4.87. The summed E-state index contributed by atoms with van der Waals surface area (Å²) < 4.78 is 18.3. The number of aryl methyl sites for hydroxylation is 1. The van der Waals surface area contributed by atoms with E-state index in [-0.39, 0.29) is 13.0 Å². The summed E-state index contributed by atoms with van der Waals surface area (Å²) in [4.78, 5) is 11.5. The van der Waals surface area contributed by atoms with Crippen LogP contribution in [0, 0.1) is 0 Å². The van der Waals surface area contributed by atoms with Gasteiger partial charge in [0.2, 0.25) is 0 Å². The van der Waals surface area contributed by atoms with Gasteiger partial charge in [-0.05, 0) is 13.0 Å². The maximum Gasteiger partial charge on any atom is 0.355 e. The number of rotatable bonds is 5. The Morgan fingerprint density at radius 2 is 2.40 bits per heavy atom. The summed E-state index contributed by atoms with van der Waals surface area (Å²) in [7, 11) is 0. The second kappa shape index (κ2) is 5.38. The summed E-state index contributed by atoms with van der Waals surface area (Å²) in [6, 6.07) is 1.56. The molecule has 0 aliphatic carbocycles. The molecule has 0 radical (unpaired) electrons. The average molecular weight is 214 g/mol. The predicted molar refractivity (Wildman–Crippen MR) is 55.4 cm³/mol. The van der Waals surface area contributed by atoms with Crippen LogP contribution in [0.25, 0.3) is 0 Å². The fourth-order valence-electron chi connectivity index (χ4n) is 1.26. The molecule has 84 valence electrons. The molecule has 0 bridgehead atoms. The molecule has 15 heavy (non-hydrogen) atoms. The van der Waals surface area contributed by atoms with Gasteiger partial charge in [-0.15, -0.1) is 0 Å². The van der Waals surface area contributed by atoms with Crippen molar-refractivity contribution in [3.8, 4) is 0 Å². The summed E-state index contributed by atoms with van der Waals surface area (Å²) in [5, 5.41) is 0. The van der Waals surface area contributed by atoms with Crippen LogP contribution >= 0.6 is 0 Å². The van der Waals surface area contributed by atoms with E-state index in [9.17, 15) is 9.18 Å². The molecule has 1 aromatic rings. The van der Waals surface area contributed by atoms with Gasteiger partial charge in [0.15, 0.2) is 0 Å². The average Bonchev–Trinajstić information content (AvgIpc) is 2.60. The van der Waals surface area contributed by atoms with Crippen molar-refractivity contribution in [1.29, 1.82) is 0 Å². The molecule has 0 unspecified atom stereocenters. The molecule has 1 heterocycles. The Kier molecular flexibility index (Phi) is 4.15. The van der Waals surface area contributed by atoms with Crippen molar-refractivity contribution in [2.24, 2.45) is 0 Å². The fourth-order valence-corrected chi connectivity index (χ4v) is 1.26. The van der Waals surface area contributed by atoms with E-state index in [0.29, 0.717) is 17.9 Å². The van der Waals surface area contributed by atoms with Gasteiger partial charge < -0.3 is 15.0 Å². The third-order valence-corrected chi connectivity index (χ3v) is 1.98. The van der Waals surface area contributed by atoms with Crippen LogP contribution in [0.5, 0.6) is 0 Å². The van der Waals surface area contributed by atoms with E-state index in [2.05, 4.69) is 0 Å². The van der Waals surface area contributed by atoms with Gasteiger partial charge in [-0.2, -0.15) is 0 Å². The predicted octanol–water partition coefficient (Wildman–Crippen LogP) is 1.61. The molecule has 0 amide bonds. The second-order valence-corrected chi connectivity index (χ2v) is 3.12. The van der Waals surface area contributed by atoms with E-state index >= 15 is 0 Å². The third-order valence-electron chi connectivity index (χ3n) is 1.98. The molecule has 0 spiro atoms. The minimum atomic E-state index is -0.482. The number of aromatic nitrogens is 1. The number of nitrogens with zero attached hydrogens (tertiary/aromatic N) is 1. The highest BCUT2D eigenvalue weighted by Crippen LogP contribution is 2.11. The zero-order chi connectivity index (χ0) is 11.3. The lowest BCUT2D eigenvalue weighted by Crippen LogP contribution is -2.12. The first-order valence-electron chi connectivity index (χ1n) is 4.87. The topological polar surface area (TPSA) is 57.2 Å². The van der Waals surface area contributed by atoms with Gasteiger partial charge in [-0.25, -0.2) is 4.79 Å². The van der Waals surface area contributed by atoms with Gasteiger partial charge in [-0.3, -0.25) is 4.39 Å². The van der Waals surface area contributed by atoms with Gasteiger partial charge in [0, 0.05) is 19.2 Å². The van der Waals surface area contributed by atoms with Crippen LogP contribution in [0.3, 0.4) is 0 Å². The molecule has 1 rings (SSSR count). The highest BCUT2D eigenvalue weighted by Gasteiger charge is 2.12. The van der Waals surface area contributed by atoms with Crippen molar-refractivity contribution in [2.45, 2.75) is 19.9 Å². The minimum absolute atomic E-state index is 0.101. The molecule has 0 aliphatic heterocycles. The Hall–Kier alpha value is -1.52. The molecule has 2 N–H and O–H groups in total. The molecule has 0 saturated heterocycles. The van der Waals surface area contributed by atoms with Gasteiger partial charge in [0.1, 0.15) is 5.69 Å². The maximum atomic E-state index is 11.8. The number of ether oxygens (including phenoxy) is 1. The standard InChI is InChI=1S/C10H15FN2O2/c1-2-13-7-8(12)6-9(13)10(14)15-5-3-4-11/h6-7H,2-5,12H2,1H3. The second-order valence-electron chi connectivity index (χ2n) is 3.12. The number of nitrogen functional groups attached to an aromatic ring is 1. The first-order chi connectivity index (χ1) is 7.19. The smallest absolute Gasteiger partial charge is 0.355 e. The lowest BCUT2D eigenvalue weighted by atomic mass is 10.4. The number of hydrogen-bond acceptors (Lipinski definition) is 3. The van der Waals surface area contributed by atoms with Crippen LogP contribution in [0.1, 0.15) is 23.8 Å². The minimum Gasteiger partial charge on any atom is -0.461 e. The molecular formula is C10H15FN2O2. The molecular weight excluding hydrogens is 199 g/mol. The number of nitrogens with two attached hydrogens (primary N) is 1. The number of hydrogen-bond donors (Lipinski definition) is 1. The number of carbonyl (C=O) groups is 1. The van der Waals surface area contributed by atoms with Crippen LogP contribution in [0.4, 0.5) is 10.1 Å². The Labute approximate surface area is 87.8 Å². The molecule has 4 nitrogen and oxygen atoms in total. The number of halogens is 1. The van der Waals surface area contributed by atoms with Crippen molar-refractivity contribution in [1.82, 2.24) is 4.57 Å². The van der Waals surface area contributed by atoms with Crippen molar-refractivity contribution < 1.29 is 13.9 Å². The van der Waals surface area contributed by atoms with E-state index in [4.69, 9.17) is 10.5 Å². The lowest BCUT2D eigenvalue weighted by Gasteiger charge is -2.05. The van der Waals surface area contributed by atoms with E-state index in [1.807, 2.05) is 6.92 Å². The quantitative estimate of drug-likeness (QED) is 0.598. The maximum absolute atomic E-state index is 11.8. The highest BCUT2D eigenvalue weighted by atomic mass is 19.1. The first kappa shape index (κ1) is 11.6. The van der Waals surface area contributed by atoms with Crippen molar-refractivity contribution >= 4 is 11.7 Å².